The molecule has 2 nitrogen and oxygen atoms in total. The molecule has 0 N–H and O–H groups in total. The molecule has 2 aromatic heterocycles. The van der Waals surface area contributed by atoms with Gasteiger partial charge in [-0.2, -0.15) is 0 Å². The lowest BCUT2D eigenvalue weighted by molar-refractivity contribution is 0.768. The Morgan fingerprint density at radius 1 is 0.263 bits per heavy atom. The summed E-state index contributed by atoms with van der Waals surface area (Å²) in [4.78, 5) is 0. The minimum atomic E-state index is -2.72. The highest BCUT2D eigenvalue weighted by molar-refractivity contribution is 7.19. The molecule has 1 aliphatic rings. The van der Waals surface area contributed by atoms with Crippen LogP contribution in [0.3, 0.4) is 0 Å². The Labute approximate surface area is 443 Å². The average Bonchev–Trinajstić information content (AvgIpc) is 4.13. The van der Waals surface area contributed by atoms with Crippen LogP contribution < -0.4 is 20.7 Å². The molecule has 0 atom stereocenters. The zero-order chi connectivity index (χ0) is 50.2. The highest BCUT2D eigenvalue weighted by Gasteiger charge is 2.47. The SMILES string of the molecule is c1ccc(C2(c3ccccc3)c3ccccc3-c3c(-c4ccc5c6ccccc6n(-c6ccc7c8ccccc8n(-c8ccc([Si](c9ccccc9)(c9ccccc9)c9ccccc9)cc8)c7c6)c5c4)cccc32)cc1. The maximum absolute atomic E-state index is 2.72. The van der Waals surface area contributed by atoms with Crippen molar-refractivity contribution in [1.82, 2.24) is 9.13 Å². The second-order valence-electron chi connectivity index (χ2n) is 20.3. The number of para-hydroxylation sites is 2. The number of hydrogen-bond donors (Lipinski definition) is 0. The van der Waals surface area contributed by atoms with Crippen molar-refractivity contribution in [1.29, 1.82) is 0 Å². The Hall–Kier alpha value is -9.54. The number of fused-ring (bicyclic) bond motifs is 9. The lowest BCUT2D eigenvalue weighted by Gasteiger charge is -2.34. The van der Waals surface area contributed by atoms with Gasteiger partial charge in [0.2, 0.25) is 0 Å². The third kappa shape index (κ3) is 6.40. The smallest absolute Gasteiger partial charge is 0.179 e. The van der Waals surface area contributed by atoms with Gasteiger partial charge >= 0.3 is 0 Å². The molecule has 3 heteroatoms. The fraction of sp³-hybridized carbons (Fsp3) is 0.0137. The molecule has 0 aliphatic heterocycles. The van der Waals surface area contributed by atoms with Gasteiger partial charge in [-0.1, -0.05) is 261 Å². The van der Waals surface area contributed by atoms with Crippen molar-refractivity contribution < 1.29 is 0 Å². The van der Waals surface area contributed by atoms with Gasteiger partial charge in [0.1, 0.15) is 0 Å². The largest absolute Gasteiger partial charge is 0.309 e. The predicted molar refractivity (Wildman–Crippen MR) is 321 cm³/mol. The molecule has 15 rings (SSSR count). The third-order valence-electron chi connectivity index (χ3n) is 16.6. The summed E-state index contributed by atoms with van der Waals surface area (Å²) in [7, 11) is -2.72. The summed E-state index contributed by atoms with van der Waals surface area (Å²) in [5.74, 6) is 0. The Balaban J connectivity index is 0.923. The summed E-state index contributed by atoms with van der Waals surface area (Å²) in [5.41, 5.74) is 16.6. The fourth-order valence-electron chi connectivity index (χ4n) is 13.5. The van der Waals surface area contributed by atoms with E-state index in [9.17, 15) is 0 Å². The van der Waals surface area contributed by atoms with Crippen molar-refractivity contribution in [2.24, 2.45) is 0 Å². The van der Waals surface area contributed by atoms with E-state index < -0.39 is 13.5 Å². The van der Waals surface area contributed by atoms with E-state index >= 15 is 0 Å². The molecule has 1 aliphatic carbocycles. The molecule has 0 amide bonds. The number of hydrogen-bond acceptors (Lipinski definition) is 0. The maximum atomic E-state index is 2.49. The Bertz CT molecular complexity index is 4350. The van der Waals surface area contributed by atoms with Gasteiger partial charge in [0.25, 0.3) is 0 Å². The van der Waals surface area contributed by atoms with Crippen LogP contribution in [0, 0.1) is 0 Å². The minimum Gasteiger partial charge on any atom is -0.309 e. The molecule has 356 valence electrons. The van der Waals surface area contributed by atoms with Crippen LogP contribution in [-0.4, -0.2) is 17.2 Å². The van der Waals surface area contributed by atoms with E-state index in [1.807, 2.05) is 0 Å². The highest BCUT2D eigenvalue weighted by Crippen LogP contribution is 2.58. The van der Waals surface area contributed by atoms with Gasteiger partial charge in [-0.25, -0.2) is 0 Å². The first kappa shape index (κ1) is 44.0. The Morgan fingerprint density at radius 2 is 0.671 bits per heavy atom. The van der Waals surface area contributed by atoms with Gasteiger partial charge in [-0.3, -0.25) is 0 Å². The first-order valence-electron chi connectivity index (χ1n) is 26.4. The van der Waals surface area contributed by atoms with Gasteiger partial charge in [0.05, 0.1) is 27.5 Å². The molecule has 0 fully saturated rings. The highest BCUT2D eigenvalue weighted by atomic mass is 28.3. The molecule has 76 heavy (non-hydrogen) atoms. The maximum Gasteiger partial charge on any atom is 0.179 e. The molecule has 0 bridgehead atoms. The van der Waals surface area contributed by atoms with Crippen LogP contribution in [0.1, 0.15) is 22.3 Å². The van der Waals surface area contributed by atoms with Gasteiger partial charge in [-0.05, 0) is 108 Å². The molecule has 12 aromatic carbocycles. The van der Waals surface area contributed by atoms with Crippen molar-refractivity contribution in [3.63, 3.8) is 0 Å². The zero-order valence-electron chi connectivity index (χ0n) is 41.8. The van der Waals surface area contributed by atoms with Crippen molar-refractivity contribution >= 4 is 72.4 Å². The first-order valence-corrected chi connectivity index (χ1v) is 28.4. The van der Waals surface area contributed by atoms with E-state index in [0.29, 0.717) is 0 Å². The van der Waals surface area contributed by atoms with Crippen LogP contribution >= 0.6 is 0 Å². The molecule has 0 spiro atoms. The van der Waals surface area contributed by atoms with Crippen LogP contribution in [-0.2, 0) is 5.41 Å². The molecule has 0 saturated carbocycles. The second-order valence-corrected chi connectivity index (χ2v) is 24.1. The minimum absolute atomic E-state index is 0.478. The molecule has 2 heterocycles. The van der Waals surface area contributed by atoms with Gasteiger partial charge in [0, 0.05) is 32.9 Å². The normalized spacial score (nSPS) is 12.8. The van der Waals surface area contributed by atoms with Crippen LogP contribution in [0.5, 0.6) is 0 Å². The van der Waals surface area contributed by atoms with Crippen molar-refractivity contribution in [2.45, 2.75) is 5.41 Å². The standard InChI is InChI=1S/C73H50N2Si/c1-6-23-52(24-7-1)73(53-25-8-2-9-26-53)66-37-19-16-35-65(66)72-60(36-22-38-67(72)73)51-41-47-63-61-33-18-21-40-69(61)75(70(63)49-51)55-44-48-64-62-34-17-20-39-68(62)74(71(64)50-55)54-42-45-59(46-43-54)76(56-27-10-3-11-28-56,57-29-12-4-13-30-57)58-31-14-5-15-32-58/h1-50H. The van der Waals surface area contributed by atoms with E-state index in [1.54, 1.807) is 0 Å². The van der Waals surface area contributed by atoms with Crippen LogP contribution in [0.4, 0.5) is 0 Å². The van der Waals surface area contributed by atoms with Gasteiger partial charge in [-0.15, -0.1) is 0 Å². The Kier molecular flexibility index (Phi) is 10.2. The van der Waals surface area contributed by atoms with E-state index in [1.165, 1.54) is 109 Å². The molecule has 0 unspecified atom stereocenters. The summed E-state index contributed by atoms with van der Waals surface area (Å²) in [5, 5.41) is 10.4. The quantitative estimate of drug-likeness (QED) is 0.101. The van der Waals surface area contributed by atoms with E-state index in [4.69, 9.17) is 0 Å². The second kappa shape index (κ2) is 17.6. The van der Waals surface area contributed by atoms with E-state index in [-0.39, 0.29) is 0 Å². The van der Waals surface area contributed by atoms with Crippen LogP contribution in [0.2, 0.25) is 0 Å². The lowest BCUT2D eigenvalue weighted by atomic mass is 9.67. The van der Waals surface area contributed by atoms with Gasteiger partial charge < -0.3 is 9.13 Å². The third-order valence-corrected chi connectivity index (χ3v) is 21.4. The lowest BCUT2D eigenvalue weighted by Crippen LogP contribution is -2.74. The van der Waals surface area contributed by atoms with Crippen LogP contribution in [0.15, 0.2) is 303 Å². The van der Waals surface area contributed by atoms with E-state index in [0.717, 1.165) is 11.4 Å². The molecule has 0 saturated heterocycles. The summed E-state index contributed by atoms with van der Waals surface area (Å²) >= 11 is 0. The fourth-order valence-corrected chi connectivity index (χ4v) is 18.2. The Morgan fingerprint density at radius 3 is 1.25 bits per heavy atom. The number of nitrogens with zero attached hydrogens (tertiary/aromatic N) is 2. The molecule has 0 radical (unpaired) electrons. The van der Waals surface area contributed by atoms with Crippen molar-refractivity contribution in [3.8, 4) is 33.6 Å². The average molecular weight is 983 g/mol. The number of benzene rings is 12. The summed E-state index contributed by atoms with van der Waals surface area (Å²) < 4.78 is 4.97. The van der Waals surface area contributed by atoms with Crippen molar-refractivity contribution in [3.05, 3.63) is 326 Å². The monoisotopic (exact) mass is 982 g/mol. The predicted octanol–water partition coefficient (Wildman–Crippen LogP) is 15.3. The number of aromatic nitrogens is 2. The summed E-state index contributed by atoms with van der Waals surface area (Å²) in [6.45, 7) is 0. The van der Waals surface area contributed by atoms with Crippen molar-refractivity contribution in [2.75, 3.05) is 0 Å². The summed E-state index contributed by atoms with van der Waals surface area (Å²) in [6.07, 6.45) is 0. The van der Waals surface area contributed by atoms with Gasteiger partial charge in [0.15, 0.2) is 8.07 Å². The van der Waals surface area contributed by atoms with E-state index in [2.05, 4.69) is 312 Å². The molecular weight excluding hydrogens is 933 g/mol. The molecule has 14 aromatic rings. The number of rotatable bonds is 9. The topological polar surface area (TPSA) is 9.86 Å². The summed E-state index contributed by atoms with van der Waals surface area (Å²) in [6, 6.07) is 113. The zero-order valence-corrected chi connectivity index (χ0v) is 42.8. The van der Waals surface area contributed by atoms with Crippen LogP contribution in [0.25, 0.3) is 77.2 Å². The molecular formula is C73H50N2Si. The first-order chi connectivity index (χ1) is 37.7.